The van der Waals surface area contributed by atoms with Crippen LogP contribution in [0, 0.1) is 30.6 Å². The van der Waals surface area contributed by atoms with E-state index in [1.54, 1.807) is 28.7 Å². The summed E-state index contributed by atoms with van der Waals surface area (Å²) < 4.78 is 5.51. The number of amides is 5. The molecule has 1 aliphatic heterocycles. The Balaban J connectivity index is 0.985. The first-order valence-corrected chi connectivity index (χ1v) is 35.7. The van der Waals surface area contributed by atoms with Crippen LogP contribution in [-0.4, -0.2) is 119 Å². The zero-order valence-corrected chi connectivity index (χ0v) is 56.5. The highest BCUT2D eigenvalue weighted by Crippen LogP contribution is 2.43. The van der Waals surface area contributed by atoms with Crippen LogP contribution in [0.2, 0.25) is 0 Å². The number of Topliss-reactive ketones (excluding diaryl/α,β-unsaturated/α-hetero) is 1. The number of carboxylic acid groups (broad SMARTS) is 2. The molecule has 3 aliphatic rings. The number of carboxylic acids is 2. The molecule has 0 spiro atoms. The SMILES string of the molecule is CNC(=O)C[C@@H]1NC(=O)c2csc(n2)-c2ccc(-c3nc(N(C(=O)C4CCC(C(=O)O)CC4)C4CCC(C(=O)O)CC4)cs3)nc2-c2csc(n2)-c2csc(n2)[C@H]([C@@H](C)c2ccccc2)NC(=O)CNC(=O)c2nc(sc2COC)C(C(C)C)CC(=O)c2nc1sc2C. The van der Waals surface area contributed by atoms with Gasteiger partial charge in [0, 0.05) is 76.3 Å². The van der Waals surface area contributed by atoms with Gasteiger partial charge in [-0.15, -0.1) is 68.0 Å². The molecular formula is C64H68N12O11S6. The van der Waals surface area contributed by atoms with E-state index in [0.29, 0.717) is 125 Å². The topological polar surface area (TPSA) is 328 Å². The van der Waals surface area contributed by atoms with Crippen LogP contribution in [0.1, 0.15) is 171 Å². The van der Waals surface area contributed by atoms with Crippen molar-refractivity contribution in [2.45, 2.75) is 128 Å². The number of thiazole rings is 6. The molecule has 486 valence electrons. The first kappa shape index (κ1) is 66.5. The summed E-state index contributed by atoms with van der Waals surface area (Å²) in [7, 11) is 2.99. The number of ketones is 1. The van der Waals surface area contributed by atoms with Crippen LogP contribution >= 0.6 is 68.0 Å². The predicted octanol–water partition coefficient (Wildman–Crippen LogP) is 11.1. The van der Waals surface area contributed by atoms with Crippen molar-refractivity contribution in [3.63, 3.8) is 0 Å². The molecule has 2 saturated carbocycles. The van der Waals surface area contributed by atoms with Gasteiger partial charge >= 0.3 is 11.9 Å². The number of anilines is 1. The Morgan fingerprint density at radius 2 is 1.30 bits per heavy atom. The highest BCUT2D eigenvalue weighted by Gasteiger charge is 2.40. The van der Waals surface area contributed by atoms with Gasteiger partial charge in [-0.2, -0.15) is 0 Å². The Morgan fingerprint density at radius 3 is 2.00 bits per heavy atom. The first-order valence-electron chi connectivity index (χ1n) is 30.5. The van der Waals surface area contributed by atoms with Crippen molar-refractivity contribution in [2.75, 3.05) is 25.6 Å². The van der Waals surface area contributed by atoms with Crippen LogP contribution in [-0.2, 0) is 35.3 Å². The van der Waals surface area contributed by atoms with E-state index in [4.69, 9.17) is 39.6 Å². The fraction of sp³-hybridized carbons (Fsp3) is 0.422. The number of pyridine rings is 1. The molecule has 0 radical (unpaired) electrons. The maximum absolute atomic E-state index is 14.7. The molecule has 2 fully saturated rings. The van der Waals surface area contributed by atoms with Crippen molar-refractivity contribution in [1.29, 1.82) is 0 Å². The van der Waals surface area contributed by atoms with Crippen molar-refractivity contribution in [1.82, 2.24) is 56.2 Å². The minimum atomic E-state index is -0.974. The summed E-state index contributed by atoms with van der Waals surface area (Å²) in [5.74, 6) is -6.27. The molecule has 8 aromatic rings. The molecule has 1 unspecified atom stereocenters. The number of aliphatic carboxylic acids is 2. The fourth-order valence-electron chi connectivity index (χ4n) is 12.0. The standard InChI is InChI=1S/C64H68N12O11S6/c1-30(2)39-22-45(77)51-32(4)92-60(74-51)41(23-48(78)65-5)68-54(80)43-27-88-56(70-43)38-20-21-40(58-72-47(29-91-58)76(37-18-16-36(17-19-37)64(85)86)62(82)34-12-14-35(15-13-34)63(83)84)67-52(38)42-26-89-59(69-42)44-28-90-61(71-44)50(31(3)33-10-8-7-9-11-33)73-49(79)24-66-55(81)53-46(25-87-6)93-57(39)75-53/h7-11,20-21,26-31,34-37,39,41,50H,12-19,22-25H2,1-6H3,(H,65,78)(H,66,81)(H,68,80)(H,73,79)(H,83,84)(H,85,86)/t31-,34?,35?,36?,37?,39?,41-,50-/m0/s1. The number of carbonyl (C=O) groups excluding carboxylic acids is 6. The number of nitrogens with zero attached hydrogens (tertiary/aromatic N) is 8. The molecular weight excluding hydrogens is 1310 g/mol. The number of aromatic nitrogens is 7. The zero-order valence-electron chi connectivity index (χ0n) is 51.6. The highest BCUT2D eigenvalue weighted by molar-refractivity contribution is 7.15. The Kier molecular flexibility index (Phi) is 20.9. The smallest absolute Gasteiger partial charge is 0.306 e. The number of methoxy groups -OCH3 is 1. The van der Waals surface area contributed by atoms with Gasteiger partial charge in [0.15, 0.2) is 5.78 Å². The average Bonchev–Trinajstić information content (AvgIpc) is 1.88. The van der Waals surface area contributed by atoms with Crippen molar-refractivity contribution >= 4 is 121 Å². The number of nitrogens with one attached hydrogen (secondary N) is 4. The second-order valence-corrected chi connectivity index (χ2v) is 29.5. The van der Waals surface area contributed by atoms with Gasteiger partial charge in [0.05, 0.1) is 59.1 Å². The summed E-state index contributed by atoms with van der Waals surface area (Å²) in [4.78, 5) is 147. The van der Waals surface area contributed by atoms with Gasteiger partial charge in [0.2, 0.25) is 17.7 Å². The fourth-order valence-corrected chi connectivity index (χ4v) is 17.7. The van der Waals surface area contributed by atoms with E-state index in [2.05, 4.69) is 21.3 Å². The van der Waals surface area contributed by atoms with E-state index in [-0.39, 0.29) is 72.0 Å². The molecule has 4 atom stereocenters. The molecule has 6 N–H and O–H groups in total. The minimum absolute atomic E-state index is 0.0269. The van der Waals surface area contributed by atoms with Gasteiger partial charge in [0.25, 0.3) is 11.8 Å². The lowest BCUT2D eigenvalue weighted by Gasteiger charge is -2.37. The zero-order chi connectivity index (χ0) is 65.8. The van der Waals surface area contributed by atoms with Crippen LogP contribution < -0.4 is 26.2 Å². The van der Waals surface area contributed by atoms with E-state index in [9.17, 15) is 48.6 Å². The van der Waals surface area contributed by atoms with Crippen LogP contribution in [0.5, 0.6) is 0 Å². The molecule has 0 saturated heterocycles. The molecule has 7 aromatic heterocycles. The second kappa shape index (κ2) is 29.2. The lowest BCUT2D eigenvalue weighted by Crippen LogP contribution is -2.47. The van der Waals surface area contributed by atoms with Gasteiger partial charge in [0.1, 0.15) is 65.0 Å². The number of aryl methyl sites for hydroxylation is 1. The normalized spacial score (nSPS) is 21.0. The van der Waals surface area contributed by atoms with Gasteiger partial charge in [-0.25, -0.2) is 34.9 Å². The first-order chi connectivity index (χ1) is 44.7. The Morgan fingerprint density at radius 1 is 0.656 bits per heavy atom. The third-order valence-corrected chi connectivity index (χ3v) is 23.0. The molecule has 29 heteroatoms. The monoisotopic (exact) mass is 1370 g/mol. The van der Waals surface area contributed by atoms with Gasteiger partial charge < -0.3 is 36.2 Å². The molecule has 8 heterocycles. The van der Waals surface area contributed by atoms with E-state index >= 15 is 0 Å². The van der Waals surface area contributed by atoms with E-state index < -0.39 is 72.0 Å². The molecule has 93 heavy (non-hydrogen) atoms. The van der Waals surface area contributed by atoms with Crippen LogP contribution in [0.4, 0.5) is 5.82 Å². The second-order valence-electron chi connectivity index (χ2n) is 23.7. The molecule has 23 nitrogen and oxygen atoms in total. The number of carbonyl (C=O) groups is 8. The summed E-state index contributed by atoms with van der Waals surface area (Å²) in [5, 5.41) is 41.1. The number of hydrogen-bond donors (Lipinski definition) is 6. The van der Waals surface area contributed by atoms with Gasteiger partial charge in [-0.1, -0.05) is 51.1 Å². The summed E-state index contributed by atoms with van der Waals surface area (Å²) in [6, 6.07) is 11.3. The molecule has 5 amide bonds. The van der Waals surface area contributed by atoms with Crippen molar-refractivity contribution in [3.05, 3.63) is 111 Å². The van der Waals surface area contributed by atoms with E-state index in [0.717, 1.165) is 5.56 Å². The van der Waals surface area contributed by atoms with Crippen LogP contribution in [0.25, 0.3) is 43.4 Å². The highest BCUT2D eigenvalue weighted by atomic mass is 32.1. The third kappa shape index (κ3) is 14.9. The van der Waals surface area contributed by atoms with E-state index in [1.165, 1.54) is 82.2 Å². The largest absolute Gasteiger partial charge is 0.481 e. The van der Waals surface area contributed by atoms with Gasteiger partial charge in [-0.05, 0) is 81.9 Å². The maximum atomic E-state index is 14.7. The van der Waals surface area contributed by atoms with Crippen LogP contribution in [0.3, 0.4) is 0 Å². The molecule has 10 bridgehead atoms. The van der Waals surface area contributed by atoms with Crippen molar-refractivity contribution < 1.29 is 53.3 Å². The average molecular weight is 1370 g/mol. The van der Waals surface area contributed by atoms with Crippen molar-refractivity contribution in [3.8, 4) is 43.4 Å². The Labute approximate surface area is 559 Å². The molecule has 11 rings (SSSR count). The van der Waals surface area contributed by atoms with E-state index in [1.807, 2.05) is 67.9 Å². The summed E-state index contributed by atoms with van der Waals surface area (Å²) in [5.41, 5.74) is 3.50. The maximum Gasteiger partial charge on any atom is 0.306 e. The predicted molar refractivity (Wildman–Crippen MR) is 356 cm³/mol. The van der Waals surface area contributed by atoms with Gasteiger partial charge in [-0.3, -0.25) is 43.3 Å². The number of fused-ring (bicyclic) bond motifs is 14. The Hall–Kier alpha value is -7.93. The van der Waals surface area contributed by atoms with Crippen molar-refractivity contribution in [2.24, 2.45) is 23.7 Å². The Bertz CT molecular complexity index is 4100. The molecule has 2 aliphatic carbocycles. The minimum Gasteiger partial charge on any atom is -0.481 e. The lowest BCUT2D eigenvalue weighted by atomic mass is 9.80. The number of hydrogen-bond acceptors (Lipinski definition) is 22. The summed E-state index contributed by atoms with van der Waals surface area (Å²) in [6.45, 7) is 7.31. The number of rotatable bonds is 13. The lowest BCUT2D eigenvalue weighted by molar-refractivity contribution is -0.144. The number of ether oxygens (including phenoxy) is 1. The van der Waals surface area contributed by atoms with Crippen LogP contribution in [0.15, 0.2) is 64.0 Å². The summed E-state index contributed by atoms with van der Waals surface area (Å²) in [6.07, 6.45) is 2.98. The quantitative estimate of drug-likeness (QED) is 0.0624. The number of benzene rings is 1. The molecule has 1 aromatic carbocycles. The third-order valence-electron chi connectivity index (χ3n) is 17.3. The summed E-state index contributed by atoms with van der Waals surface area (Å²) >= 11 is 7.57.